The fourth-order valence-electron chi connectivity index (χ4n) is 2.86. The molecule has 1 aromatic rings. The van der Waals surface area contributed by atoms with Crippen LogP contribution in [0.4, 0.5) is 0 Å². The lowest BCUT2D eigenvalue weighted by Crippen LogP contribution is -2.51. The van der Waals surface area contributed by atoms with E-state index in [2.05, 4.69) is 4.72 Å². The molecule has 1 amide bonds. The number of hydrogen-bond donors (Lipinski definition) is 2. The molecule has 1 fully saturated rings. The second kappa shape index (κ2) is 7.21. The Bertz CT molecular complexity index is 604. The number of nitrogens with one attached hydrogen (secondary N) is 1. The Morgan fingerprint density at radius 1 is 1.41 bits per heavy atom. The summed E-state index contributed by atoms with van der Waals surface area (Å²) in [6.07, 6.45) is 1.60. The second-order valence-electron chi connectivity index (χ2n) is 5.57. The quantitative estimate of drug-likeness (QED) is 0.802. The first-order valence-electron chi connectivity index (χ1n) is 7.51. The summed E-state index contributed by atoms with van der Waals surface area (Å²) < 4.78 is 26.2. The van der Waals surface area contributed by atoms with Crippen molar-refractivity contribution in [3.05, 3.63) is 35.9 Å². The van der Waals surface area contributed by atoms with Crippen molar-refractivity contribution in [2.24, 2.45) is 5.73 Å². The van der Waals surface area contributed by atoms with Crippen molar-refractivity contribution in [3.8, 4) is 0 Å². The van der Waals surface area contributed by atoms with Crippen LogP contribution < -0.4 is 10.5 Å². The molecule has 122 valence electrons. The molecule has 0 saturated carbocycles. The molecule has 0 unspecified atom stereocenters. The minimum absolute atomic E-state index is 0.0570. The van der Waals surface area contributed by atoms with Gasteiger partial charge in [-0.15, -0.1) is 0 Å². The Hall–Kier alpha value is -1.44. The predicted octanol–water partition coefficient (Wildman–Crippen LogP) is 0.617. The molecule has 1 aliphatic heterocycles. The van der Waals surface area contributed by atoms with Gasteiger partial charge in [0.2, 0.25) is 15.9 Å². The average Bonchev–Trinajstić information content (AvgIpc) is 2.48. The van der Waals surface area contributed by atoms with Crippen LogP contribution in [0.1, 0.15) is 31.4 Å². The van der Waals surface area contributed by atoms with Crippen molar-refractivity contribution in [3.63, 3.8) is 0 Å². The molecule has 1 aliphatic rings. The highest BCUT2D eigenvalue weighted by atomic mass is 32.2. The van der Waals surface area contributed by atoms with Gasteiger partial charge in [-0.2, -0.15) is 0 Å². The molecule has 1 saturated heterocycles. The SMILES string of the molecule is CCS(=O)(=O)N[C@H]1CCCN([C@H](C(N)=O)c2ccccc2)C1. The fourth-order valence-corrected chi connectivity index (χ4v) is 3.73. The molecule has 0 aliphatic carbocycles. The maximum Gasteiger partial charge on any atom is 0.239 e. The van der Waals surface area contributed by atoms with Crippen LogP contribution in [0.15, 0.2) is 30.3 Å². The molecule has 0 aromatic heterocycles. The van der Waals surface area contributed by atoms with Gasteiger partial charge in [-0.05, 0) is 31.9 Å². The number of benzene rings is 1. The van der Waals surface area contributed by atoms with Crippen LogP contribution in [-0.4, -0.2) is 44.1 Å². The van der Waals surface area contributed by atoms with Crippen molar-refractivity contribution >= 4 is 15.9 Å². The Morgan fingerprint density at radius 3 is 2.68 bits per heavy atom. The molecule has 0 bridgehead atoms. The molecule has 0 radical (unpaired) electrons. The minimum atomic E-state index is -3.25. The number of likely N-dealkylation sites (tertiary alicyclic amines) is 1. The summed E-state index contributed by atoms with van der Waals surface area (Å²) in [6, 6.07) is 8.67. The van der Waals surface area contributed by atoms with Crippen molar-refractivity contribution in [1.82, 2.24) is 9.62 Å². The maximum absolute atomic E-state index is 11.9. The first-order chi connectivity index (χ1) is 10.4. The van der Waals surface area contributed by atoms with Crippen molar-refractivity contribution in [2.45, 2.75) is 31.8 Å². The molecular weight excluding hydrogens is 302 g/mol. The van der Waals surface area contributed by atoms with Gasteiger partial charge in [-0.25, -0.2) is 13.1 Å². The van der Waals surface area contributed by atoms with E-state index in [9.17, 15) is 13.2 Å². The molecule has 2 rings (SSSR count). The van der Waals surface area contributed by atoms with Gasteiger partial charge in [-0.1, -0.05) is 30.3 Å². The third-order valence-electron chi connectivity index (χ3n) is 3.93. The topological polar surface area (TPSA) is 92.5 Å². The molecule has 1 aromatic carbocycles. The number of carbonyl (C=O) groups excluding carboxylic acids is 1. The first-order valence-corrected chi connectivity index (χ1v) is 9.16. The largest absolute Gasteiger partial charge is 0.368 e. The second-order valence-corrected chi connectivity index (χ2v) is 7.61. The minimum Gasteiger partial charge on any atom is -0.368 e. The van der Waals surface area contributed by atoms with Gasteiger partial charge >= 0.3 is 0 Å². The third kappa shape index (κ3) is 4.28. The molecule has 22 heavy (non-hydrogen) atoms. The van der Waals surface area contributed by atoms with E-state index in [0.29, 0.717) is 6.54 Å². The highest BCUT2D eigenvalue weighted by Crippen LogP contribution is 2.24. The lowest BCUT2D eigenvalue weighted by atomic mass is 9.99. The number of rotatable bonds is 6. The Kier molecular flexibility index (Phi) is 5.55. The van der Waals surface area contributed by atoms with Crippen LogP contribution in [0.2, 0.25) is 0 Å². The van der Waals surface area contributed by atoms with Gasteiger partial charge in [0.05, 0.1) is 5.75 Å². The molecule has 6 nitrogen and oxygen atoms in total. The van der Waals surface area contributed by atoms with E-state index in [1.54, 1.807) is 6.92 Å². The Balaban J connectivity index is 2.14. The van der Waals surface area contributed by atoms with Gasteiger partial charge in [0.1, 0.15) is 6.04 Å². The van der Waals surface area contributed by atoms with E-state index in [0.717, 1.165) is 24.9 Å². The van der Waals surface area contributed by atoms with Crippen LogP contribution in [0, 0.1) is 0 Å². The van der Waals surface area contributed by atoms with E-state index < -0.39 is 22.0 Å². The van der Waals surface area contributed by atoms with Crippen LogP contribution in [0.5, 0.6) is 0 Å². The number of primary amides is 1. The summed E-state index contributed by atoms with van der Waals surface area (Å²) >= 11 is 0. The third-order valence-corrected chi connectivity index (χ3v) is 5.38. The molecule has 0 spiro atoms. The van der Waals surface area contributed by atoms with Crippen LogP contribution >= 0.6 is 0 Å². The number of hydrogen-bond acceptors (Lipinski definition) is 4. The molecule has 7 heteroatoms. The van der Waals surface area contributed by atoms with E-state index in [4.69, 9.17) is 5.73 Å². The van der Waals surface area contributed by atoms with Crippen molar-refractivity contribution in [1.29, 1.82) is 0 Å². The molecule has 2 atom stereocenters. The van der Waals surface area contributed by atoms with Gasteiger partial charge < -0.3 is 5.73 Å². The normalized spacial score (nSPS) is 21.4. The van der Waals surface area contributed by atoms with E-state index in [1.807, 2.05) is 35.2 Å². The average molecular weight is 325 g/mol. The van der Waals surface area contributed by atoms with Crippen LogP contribution in [0.3, 0.4) is 0 Å². The van der Waals surface area contributed by atoms with E-state index >= 15 is 0 Å². The van der Waals surface area contributed by atoms with Gasteiger partial charge in [0.15, 0.2) is 0 Å². The molecular formula is C15H23N3O3S. The van der Waals surface area contributed by atoms with E-state index in [1.165, 1.54) is 0 Å². The summed E-state index contributed by atoms with van der Waals surface area (Å²) in [7, 11) is -3.25. The zero-order chi connectivity index (χ0) is 16.2. The summed E-state index contributed by atoms with van der Waals surface area (Å²) in [4.78, 5) is 13.9. The number of piperidine rings is 1. The predicted molar refractivity (Wildman–Crippen MR) is 85.6 cm³/mol. The summed E-state index contributed by atoms with van der Waals surface area (Å²) in [5.74, 6) is -0.355. The van der Waals surface area contributed by atoms with Gasteiger partial charge in [0.25, 0.3) is 0 Å². The van der Waals surface area contributed by atoms with Crippen LogP contribution in [0.25, 0.3) is 0 Å². The first kappa shape index (κ1) is 16.9. The molecule has 1 heterocycles. The lowest BCUT2D eigenvalue weighted by Gasteiger charge is -2.37. The maximum atomic E-state index is 11.9. The number of nitrogens with zero attached hydrogens (tertiary/aromatic N) is 1. The van der Waals surface area contributed by atoms with E-state index in [-0.39, 0.29) is 11.8 Å². The Labute approximate surface area is 131 Å². The molecule has 3 N–H and O–H groups in total. The zero-order valence-electron chi connectivity index (χ0n) is 12.7. The fraction of sp³-hybridized carbons (Fsp3) is 0.533. The lowest BCUT2D eigenvalue weighted by molar-refractivity contribution is -0.124. The Morgan fingerprint density at radius 2 is 2.09 bits per heavy atom. The van der Waals surface area contributed by atoms with Crippen molar-refractivity contribution < 1.29 is 13.2 Å². The summed E-state index contributed by atoms with van der Waals surface area (Å²) in [5, 5.41) is 0. The monoisotopic (exact) mass is 325 g/mol. The summed E-state index contributed by atoms with van der Waals surface area (Å²) in [5.41, 5.74) is 6.42. The zero-order valence-corrected chi connectivity index (χ0v) is 13.6. The highest BCUT2D eigenvalue weighted by Gasteiger charge is 2.31. The van der Waals surface area contributed by atoms with Gasteiger partial charge in [-0.3, -0.25) is 9.69 Å². The smallest absolute Gasteiger partial charge is 0.239 e. The summed E-state index contributed by atoms with van der Waals surface area (Å²) in [6.45, 7) is 2.83. The number of carbonyl (C=O) groups is 1. The number of amides is 1. The van der Waals surface area contributed by atoms with Gasteiger partial charge in [0, 0.05) is 12.6 Å². The highest BCUT2D eigenvalue weighted by molar-refractivity contribution is 7.89. The van der Waals surface area contributed by atoms with Crippen molar-refractivity contribution in [2.75, 3.05) is 18.8 Å². The standard InChI is InChI=1S/C15H23N3O3S/c1-2-22(20,21)17-13-9-6-10-18(11-13)14(15(16)19)12-7-4-3-5-8-12/h3-5,7-8,13-14,17H,2,6,9-11H2,1H3,(H2,16,19)/t13-,14-/m0/s1. The number of nitrogens with two attached hydrogens (primary N) is 1. The number of sulfonamides is 1. The van der Waals surface area contributed by atoms with Crippen LogP contribution in [-0.2, 0) is 14.8 Å².